The van der Waals surface area contributed by atoms with Crippen molar-refractivity contribution in [2.24, 2.45) is 23.5 Å². The Hall–Kier alpha value is -0.0800. The number of nitrogens with zero attached hydrogens (tertiary/aromatic N) is 1. The van der Waals surface area contributed by atoms with E-state index in [-0.39, 0.29) is 0 Å². The molecule has 2 aliphatic rings. The summed E-state index contributed by atoms with van der Waals surface area (Å²) in [5, 5.41) is 0. The largest absolute Gasteiger partial charge is 0.330 e. The summed E-state index contributed by atoms with van der Waals surface area (Å²) < 4.78 is 0. The minimum absolute atomic E-state index is 0.824. The maximum Gasteiger partial charge on any atom is 0.00129 e. The first kappa shape index (κ1) is 12.4. The molecule has 2 rings (SSSR count). The number of rotatable bonds is 5. The summed E-state index contributed by atoms with van der Waals surface area (Å²) in [4.78, 5) is 2.71. The van der Waals surface area contributed by atoms with Crippen LogP contribution >= 0.6 is 0 Å². The molecule has 1 heterocycles. The molecular formula is C14H28N2. The average molecular weight is 224 g/mol. The smallest absolute Gasteiger partial charge is 0.00129 e. The van der Waals surface area contributed by atoms with Gasteiger partial charge in [-0.1, -0.05) is 19.8 Å². The molecule has 2 nitrogen and oxygen atoms in total. The lowest BCUT2D eigenvalue weighted by Gasteiger charge is -2.24. The molecule has 0 aromatic heterocycles. The molecule has 0 aromatic carbocycles. The molecule has 0 aromatic rings. The molecule has 2 heteroatoms. The highest BCUT2D eigenvalue weighted by molar-refractivity contribution is 4.83. The van der Waals surface area contributed by atoms with E-state index in [1.807, 2.05) is 0 Å². The molecule has 3 unspecified atom stereocenters. The third kappa shape index (κ3) is 2.98. The molecule has 1 saturated heterocycles. The summed E-state index contributed by atoms with van der Waals surface area (Å²) in [7, 11) is 0. The van der Waals surface area contributed by atoms with Crippen molar-refractivity contribution in [3.63, 3.8) is 0 Å². The fraction of sp³-hybridized carbons (Fsp3) is 1.00. The molecule has 2 fully saturated rings. The topological polar surface area (TPSA) is 29.3 Å². The van der Waals surface area contributed by atoms with Crippen LogP contribution in [0.15, 0.2) is 0 Å². The van der Waals surface area contributed by atoms with Crippen molar-refractivity contribution in [3.8, 4) is 0 Å². The summed E-state index contributed by atoms with van der Waals surface area (Å²) in [6.45, 7) is 7.27. The van der Waals surface area contributed by atoms with Crippen LogP contribution in [0.1, 0.15) is 45.4 Å². The van der Waals surface area contributed by atoms with Crippen LogP contribution in [0.4, 0.5) is 0 Å². The van der Waals surface area contributed by atoms with E-state index < -0.39 is 0 Å². The van der Waals surface area contributed by atoms with Gasteiger partial charge in [0.05, 0.1) is 0 Å². The third-order valence-corrected chi connectivity index (χ3v) is 4.68. The first-order valence-corrected chi connectivity index (χ1v) is 7.26. The summed E-state index contributed by atoms with van der Waals surface area (Å²) in [6.07, 6.45) is 8.45. The van der Waals surface area contributed by atoms with Crippen LogP contribution in [0.3, 0.4) is 0 Å². The number of nitrogens with two attached hydrogens (primary N) is 1. The van der Waals surface area contributed by atoms with Gasteiger partial charge in [-0.2, -0.15) is 0 Å². The fourth-order valence-corrected chi connectivity index (χ4v) is 3.72. The molecular weight excluding hydrogens is 196 g/mol. The Bertz CT molecular complexity index is 205. The Morgan fingerprint density at radius 1 is 1.19 bits per heavy atom. The van der Waals surface area contributed by atoms with E-state index in [0.29, 0.717) is 0 Å². The van der Waals surface area contributed by atoms with Gasteiger partial charge >= 0.3 is 0 Å². The average Bonchev–Trinajstić information content (AvgIpc) is 2.89. The molecule has 3 atom stereocenters. The van der Waals surface area contributed by atoms with E-state index in [0.717, 1.165) is 24.3 Å². The van der Waals surface area contributed by atoms with Gasteiger partial charge < -0.3 is 10.6 Å². The molecule has 2 N–H and O–H groups in total. The summed E-state index contributed by atoms with van der Waals surface area (Å²) in [6, 6.07) is 0. The van der Waals surface area contributed by atoms with Crippen molar-refractivity contribution >= 4 is 0 Å². The zero-order chi connectivity index (χ0) is 11.4. The molecule has 1 aliphatic carbocycles. The maximum absolute atomic E-state index is 5.85. The lowest BCUT2D eigenvalue weighted by molar-refractivity contribution is 0.235. The Balaban J connectivity index is 1.74. The van der Waals surface area contributed by atoms with Gasteiger partial charge in [-0.05, 0) is 56.5 Å². The normalized spacial score (nSPS) is 36.0. The minimum atomic E-state index is 0.824. The molecule has 16 heavy (non-hydrogen) atoms. The predicted octanol–water partition coefficient (Wildman–Crippen LogP) is 2.48. The Kier molecular flexibility index (Phi) is 4.66. The Labute approximate surface area is 101 Å². The predicted molar refractivity (Wildman–Crippen MR) is 69.3 cm³/mol. The van der Waals surface area contributed by atoms with Gasteiger partial charge in [0.15, 0.2) is 0 Å². The highest BCUT2D eigenvalue weighted by atomic mass is 15.1. The first-order valence-electron chi connectivity index (χ1n) is 7.26. The lowest BCUT2D eigenvalue weighted by atomic mass is 9.96. The van der Waals surface area contributed by atoms with E-state index in [1.165, 1.54) is 58.2 Å². The van der Waals surface area contributed by atoms with E-state index in [9.17, 15) is 0 Å². The van der Waals surface area contributed by atoms with Gasteiger partial charge in [-0.15, -0.1) is 0 Å². The second-order valence-electron chi connectivity index (χ2n) is 5.89. The fourth-order valence-electron chi connectivity index (χ4n) is 3.72. The van der Waals surface area contributed by atoms with Crippen LogP contribution in [-0.4, -0.2) is 31.1 Å². The van der Waals surface area contributed by atoms with Gasteiger partial charge in [0.25, 0.3) is 0 Å². The van der Waals surface area contributed by atoms with Crippen molar-refractivity contribution < 1.29 is 0 Å². The van der Waals surface area contributed by atoms with Crippen LogP contribution < -0.4 is 5.73 Å². The molecule has 0 amide bonds. The van der Waals surface area contributed by atoms with E-state index in [1.54, 1.807) is 0 Å². The second kappa shape index (κ2) is 6.02. The molecule has 0 spiro atoms. The summed E-state index contributed by atoms with van der Waals surface area (Å²) >= 11 is 0. The van der Waals surface area contributed by atoms with Crippen LogP contribution in [-0.2, 0) is 0 Å². The van der Waals surface area contributed by atoms with Crippen LogP contribution in [0.2, 0.25) is 0 Å². The summed E-state index contributed by atoms with van der Waals surface area (Å²) in [5.41, 5.74) is 5.85. The zero-order valence-electron chi connectivity index (χ0n) is 10.8. The quantitative estimate of drug-likeness (QED) is 0.777. The van der Waals surface area contributed by atoms with Gasteiger partial charge in [-0.25, -0.2) is 0 Å². The monoisotopic (exact) mass is 224 g/mol. The van der Waals surface area contributed by atoms with Crippen molar-refractivity contribution in [3.05, 3.63) is 0 Å². The van der Waals surface area contributed by atoms with Crippen LogP contribution in [0.25, 0.3) is 0 Å². The van der Waals surface area contributed by atoms with Crippen molar-refractivity contribution in [2.45, 2.75) is 45.4 Å². The van der Waals surface area contributed by atoms with Gasteiger partial charge in [0, 0.05) is 13.1 Å². The van der Waals surface area contributed by atoms with Crippen molar-refractivity contribution in [1.82, 2.24) is 4.90 Å². The molecule has 1 saturated carbocycles. The van der Waals surface area contributed by atoms with Crippen molar-refractivity contribution in [1.29, 1.82) is 0 Å². The molecule has 1 aliphatic heterocycles. The molecule has 0 bridgehead atoms. The Morgan fingerprint density at radius 3 is 2.75 bits per heavy atom. The number of hydrogen-bond donors (Lipinski definition) is 1. The zero-order valence-corrected chi connectivity index (χ0v) is 10.8. The van der Waals surface area contributed by atoms with E-state index in [4.69, 9.17) is 5.73 Å². The van der Waals surface area contributed by atoms with E-state index >= 15 is 0 Å². The number of likely N-dealkylation sites (tertiary alicyclic amines) is 1. The van der Waals surface area contributed by atoms with E-state index in [2.05, 4.69) is 11.8 Å². The van der Waals surface area contributed by atoms with Gasteiger partial charge in [0.2, 0.25) is 0 Å². The molecule has 94 valence electrons. The van der Waals surface area contributed by atoms with Crippen LogP contribution in [0.5, 0.6) is 0 Å². The highest BCUT2D eigenvalue weighted by Gasteiger charge is 2.30. The standard InChI is InChI=1S/C14H28N2/c1-2-4-12-7-8-16(10-12)11-14-6-3-5-13(14)9-15/h12-14H,2-11,15H2,1H3. The second-order valence-corrected chi connectivity index (χ2v) is 5.89. The van der Waals surface area contributed by atoms with Crippen LogP contribution in [0, 0.1) is 17.8 Å². The van der Waals surface area contributed by atoms with Gasteiger partial charge in [-0.3, -0.25) is 0 Å². The third-order valence-electron chi connectivity index (χ3n) is 4.68. The first-order chi connectivity index (χ1) is 7.83. The lowest BCUT2D eigenvalue weighted by Crippen LogP contribution is -2.31. The SMILES string of the molecule is CCCC1CCN(CC2CCCC2CN)C1. The number of hydrogen-bond acceptors (Lipinski definition) is 2. The highest BCUT2D eigenvalue weighted by Crippen LogP contribution is 2.33. The van der Waals surface area contributed by atoms with Crippen molar-refractivity contribution in [2.75, 3.05) is 26.2 Å². The maximum atomic E-state index is 5.85. The Morgan fingerprint density at radius 2 is 2.00 bits per heavy atom. The molecule has 0 radical (unpaired) electrons. The summed E-state index contributed by atoms with van der Waals surface area (Å²) in [5.74, 6) is 2.72. The van der Waals surface area contributed by atoms with Gasteiger partial charge in [0.1, 0.15) is 0 Å². The minimum Gasteiger partial charge on any atom is -0.330 e.